The number of hydrogen-bond donors (Lipinski definition) is 0. The van der Waals surface area contributed by atoms with E-state index < -0.39 is 0 Å². The lowest BCUT2D eigenvalue weighted by Crippen LogP contribution is -2.10. The zero-order valence-corrected chi connectivity index (χ0v) is 39.7. The van der Waals surface area contributed by atoms with E-state index in [4.69, 9.17) is 0 Å². The second kappa shape index (κ2) is 26.2. The summed E-state index contributed by atoms with van der Waals surface area (Å²) in [5.74, 6) is 0.0329. The van der Waals surface area contributed by atoms with Crippen molar-refractivity contribution in [3.05, 3.63) is 292 Å². The Kier molecular flexibility index (Phi) is 19.9. The van der Waals surface area contributed by atoms with E-state index in [9.17, 15) is 0 Å². The van der Waals surface area contributed by atoms with Crippen molar-refractivity contribution < 1.29 is 0 Å². The Balaban J connectivity index is 0.00000213. The molecule has 6 aromatic rings. The zero-order valence-electron chi connectivity index (χ0n) is 39.7. The van der Waals surface area contributed by atoms with Crippen LogP contribution in [0.3, 0.4) is 0 Å². The van der Waals surface area contributed by atoms with Gasteiger partial charge in [-0.05, 0) is 141 Å². The molecule has 0 nitrogen and oxygen atoms in total. The highest BCUT2D eigenvalue weighted by molar-refractivity contribution is 6.05. The van der Waals surface area contributed by atoms with Gasteiger partial charge in [0.2, 0.25) is 0 Å². The van der Waals surface area contributed by atoms with Crippen LogP contribution in [0, 0.1) is 0 Å². The molecule has 1 unspecified atom stereocenters. The van der Waals surface area contributed by atoms with Crippen molar-refractivity contribution >= 4 is 39.1 Å². The standard InChI is InChI=1S/C64H58.C2H6.2CH4/c1-5-25-49(7-3)62(55-32-19-12-20-33-55)61(46-47-26-13-9-14-27-47)54-35-24-39-59-60(45-44-54)64(56-36-23-34-53(42-43-56)52-30-17-11-18-31-52)58-38-22-21-37-57(58)63(59)50(8-4)41-40-48(6-2)51-28-15-10-16-29-51;1-2;;/h5-35,37-38,40-44,46,62H,36,39,45H2,1-4H3;1-2H3;2*1H4/b25-5-,35-24-,41-40-,48-6+,49-7+,50-8+,54-44?,61-46+;;;. The Morgan fingerprint density at radius 3 is 1.76 bits per heavy atom. The van der Waals surface area contributed by atoms with Gasteiger partial charge >= 0.3 is 0 Å². The molecule has 0 amide bonds. The smallest absolute Gasteiger partial charge is 0.0342 e. The number of fused-ring (bicyclic) bond motifs is 2. The second-order valence-corrected chi connectivity index (χ2v) is 16.3. The number of benzene rings is 6. The van der Waals surface area contributed by atoms with E-state index in [0.29, 0.717) is 0 Å². The highest BCUT2D eigenvalue weighted by Gasteiger charge is 2.26. The molecule has 0 saturated heterocycles. The van der Waals surface area contributed by atoms with Crippen LogP contribution in [0.5, 0.6) is 0 Å². The molecule has 344 valence electrons. The van der Waals surface area contributed by atoms with Gasteiger partial charge in [-0.25, -0.2) is 0 Å². The first-order chi connectivity index (χ1) is 32.6. The van der Waals surface area contributed by atoms with Gasteiger partial charge in [-0.15, -0.1) is 0 Å². The van der Waals surface area contributed by atoms with Crippen molar-refractivity contribution in [3.8, 4) is 0 Å². The third-order valence-corrected chi connectivity index (χ3v) is 12.5. The normalized spacial score (nSPS) is 15.3. The van der Waals surface area contributed by atoms with Gasteiger partial charge in [-0.3, -0.25) is 0 Å². The van der Waals surface area contributed by atoms with Crippen LogP contribution in [0.1, 0.15) is 113 Å². The summed E-state index contributed by atoms with van der Waals surface area (Å²) >= 11 is 0. The number of hydrogen-bond acceptors (Lipinski definition) is 0. The van der Waals surface area contributed by atoms with E-state index in [2.05, 4.69) is 264 Å². The van der Waals surface area contributed by atoms with E-state index in [-0.39, 0.29) is 20.8 Å². The predicted octanol–water partition coefficient (Wildman–Crippen LogP) is 19.6. The van der Waals surface area contributed by atoms with Gasteiger partial charge < -0.3 is 0 Å². The van der Waals surface area contributed by atoms with Crippen molar-refractivity contribution in [2.75, 3.05) is 0 Å². The summed E-state index contributed by atoms with van der Waals surface area (Å²) < 4.78 is 0. The third-order valence-electron chi connectivity index (χ3n) is 12.5. The first-order valence-corrected chi connectivity index (χ1v) is 23.9. The minimum atomic E-state index is 0. The highest BCUT2D eigenvalue weighted by Crippen LogP contribution is 2.44. The predicted molar refractivity (Wildman–Crippen MR) is 305 cm³/mol. The van der Waals surface area contributed by atoms with Crippen molar-refractivity contribution in [1.82, 2.24) is 0 Å². The van der Waals surface area contributed by atoms with E-state index in [1.165, 1.54) is 94.3 Å². The topological polar surface area (TPSA) is 0 Å². The first kappa shape index (κ1) is 51.7. The van der Waals surface area contributed by atoms with Gasteiger partial charge in [-0.2, -0.15) is 0 Å². The van der Waals surface area contributed by atoms with Crippen LogP contribution < -0.4 is 0 Å². The molecule has 2 aliphatic rings. The summed E-state index contributed by atoms with van der Waals surface area (Å²) in [6, 6.07) is 52.4. The van der Waals surface area contributed by atoms with Crippen molar-refractivity contribution in [2.45, 2.75) is 81.6 Å². The van der Waals surface area contributed by atoms with Crippen LogP contribution in [-0.4, -0.2) is 0 Å². The molecule has 0 bridgehead atoms. The van der Waals surface area contributed by atoms with E-state index >= 15 is 0 Å². The maximum Gasteiger partial charge on any atom is 0.0342 e. The van der Waals surface area contributed by atoms with Gasteiger partial charge in [0.1, 0.15) is 0 Å². The molecule has 0 N–H and O–H groups in total. The van der Waals surface area contributed by atoms with Crippen LogP contribution in [0.15, 0.2) is 247 Å². The van der Waals surface area contributed by atoms with Crippen LogP contribution in [-0.2, 0) is 12.8 Å². The Bertz CT molecular complexity index is 2930. The van der Waals surface area contributed by atoms with Gasteiger partial charge in [0.25, 0.3) is 0 Å². The fourth-order valence-electron chi connectivity index (χ4n) is 9.43. The maximum atomic E-state index is 2.51. The number of rotatable bonds is 12. The summed E-state index contributed by atoms with van der Waals surface area (Å²) in [4.78, 5) is 0. The van der Waals surface area contributed by atoms with Gasteiger partial charge in [0.05, 0.1) is 0 Å². The molecule has 0 spiro atoms. The molecular weight excluding hydrogens is 817 g/mol. The average Bonchev–Trinajstić information content (AvgIpc) is 3.63. The van der Waals surface area contributed by atoms with Gasteiger partial charge in [-0.1, -0.05) is 265 Å². The van der Waals surface area contributed by atoms with Gasteiger partial charge in [0, 0.05) is 5.92 Å². The van der Waals surface area contributed by atoms with Crippen molar-refractivity contribution in [2.24, 2.45) is 0 Å². The van der Waals surface area contributed by atoms with E-state index in [1.807, 2.05) is 13.8 Å². The van der Waals surface area contributed by atoms with Crippen molar-refractivity contribution in [1.29, 1.82) is 0 Å². The summed E-state index contributed by atoms with van der Waals surface area (Å²) in [5.41, 5.74) is 19.2. The molecule has 2 aliphatic carbocycles. The first-order valence-electron chi connectivity index (χ1n) is 23.9. The quantitative estimate of drug-likeness (QED) is 0.107. The molecule has 68 heavy (non-hydrogen) atoms. The molecule has 6 aromatic carbocycles. The Morgan fingerprint density at radius 2 is 1.12 bits per heavy atom. The molecule has 0 aromatic heterocycles. The molecule has 0 heterocycles. The minimum Gasteiger partial charge on any atom is -0.0874 e. The summed E-state index contributed by atoms with van der Waals surface area (Å²) in [6.45, 7) is 12.6. The largest absolute Gasteiger partial charge is 0.0874 e. The Labute approximate surface area is 410 Å². The third kappa shape index (κ3) is 12.0. The summed E-state index contributed by atoms with van der Waals surface area (Å²) in [6.07, 6.45) is 37.4. The lowest BCUT2D eigenvalue weighted by atomic mass is 9.77. The molecule has 0 heteroatoms. The Hall–Kier alpha value is -7.28. The van der Waals surface area contributed by atoms with Crippen LogP contribution in [0.4, 0.5) is 0 Å². The van der Waals surface area contributed by atoms with Crippen LogP contribution in [0.2, 0.25) is 0 Å². The highest BCUT2D eigenvalue weighted by atomic mass is 14.3. The average molecular weight is 889 g/mol. The lowest BCUT2D eigenvalue weighted by molar-refractivity contribution is 0.960. The monoisotopic (exact) mass is 889 g/mol. The SMILES string of the molecule is C.C.C/C=C\C(=C/C)C(/C(=C/c1ccccc1)C1=CCc2c(c(C(/C=C\C(=C/C)c3ccccc3)=C/C)c3ccccc3c2C2=CC=C(c3ccccc3)C=CC2)C/C=C\1)c1ccccc1.CC. The lowest BCUT2D eigenvalue weighted by Gasteiger charge is -2.27. The van der Waals surface area contributed by atoms with Crippen LogP contribution in [0.25, 0.3) is 39.1 Å². The van der Waals surface area contributed by atoms with Crippen LogP contribution >= 0.6 is 0 Å². The fourth-order valence-corrected chi connectivity index (χ4v) is 9.43. The molecule has 8 rings (SSSR count). The molecule has 0 aliphatic heterocycles. The summed E-state index contributed by atoms with van der Waals surface area (Å²) in [5, 5.41) is 2.58. The second-order valence-electron chi connectivity index (χ2n) is 16.3. The zero-order chi connectivity index (χ0) is 46.1. The number of allylic oxidation sites excluding steroid dienone is 21. The van der Waals surface area contributed by atoms with E-state index in [0.717, 1.165) is 19.3 Å². The molecule has 0 fully saturated rings. The molecular formula is C68H72. The maximum absolute atomic E-state index is 2.51. The fraction of sp³-hybridized carbons (Fsp3) is 0.176. The van der Waals surface area contributed by atoms with Gasteiger partial charge in [0.15, 0.2) is 0 Å². The van der Waals surface area contributed by atoms with E-state index in [1.54, 1.807) is 0 Å². The minimum absolute atomic E-state index is 0. The Morgan fingerprint density at radius 1 is 0.529 bits per heavy atom. The van der Waals surface area contributed by atoms with Crippen molar-refractivity contribution in [3.63, 3.8) is 0 Å². The molecule has 0 saturated carbocycles. The molecule has 0 radical (unpaired) electrons. The molecule has 1 atom stereocenters. The summed E-state index contributed by atoms with van der Waals surface area (Å²) in [7, 11) is 0.